The van der Waals surface area contributed by atoms with Crippen molar-refractivity contribution < 1.29 is 18.7 Å². The molecule has 136 valence electrons. The third-order valence-electron chi connectivity index (χ3n) is 4.98. The van der Waals surface area contributed by atoms with Crippen molar-refractivity contribution in [2.45, 2.75) is 38.1 Å². The van der Waals surface area contributed by atoms with E-state index in [1.54, 1.807) is 23.3 Å². The van der Waals surface area contributed by atoms with Crippen LogP contribution in [0.3, 0.4) is 0 Å². The largest absolute Gasteiger partial charge is 0.484 e. The number of benzene rings is 1. The molecule has 6 nitrogen and oxygen atoms in total. The predicted octanol–water partition coefficient (Wildman–Crippen LogP) is 2.98. The fraction of sp³-hybridized carbons (Fsp3) is 0.400. The average Bonchev–Trinajstić information content (AvgIpc) is 3.30. The molecule has 0 radical (unpaired) electrons. The molecule has 2 amide bonds. The normalized spacial score (nSPS) is 19.3. The van der Waals surface area contributed by atoms with Crippen molar-refractivity contribution in [2.75, 3.05) is 18.1 Å². The number of nitrogens with zero attached hydrogens (tertiary/aromatic N) is 1. The van der Waals surface area contributed by atoms with Crippen LogP contribution in [0.15, 0.2) is 41.0 Å². The number of hydrogen-bond donors (Lipinski definition) is 1. The van der Waals surface area contributed by atoms with Gasteiger partial charge in [0, 0.05) is 30.6 Å². The summed E-state index contributed by atoms with van der Waals surface area (Å²) in [6, 6.07) is 9.23. The van der Waals surface area contributed by atoms with Crippen molar-refractivity contribution in [3.8, 4) is 5.75 Å². The first-order valence-corrected chi connectivity index (χ1v) is 9.09. The molecule has 2 heterocycles. The van der Waals surface area contributed by atoms with Gasteiger partial charge < -0.3 is 19.4 Å². The summed E-state index contributed by atoms with van der Waals surface area (Å²) in [7, 11) is 0. The van der Waals surface area contributed by atoms with E-state index in [4.69, 9.17) is 9.15 Å². The van der Waals surface area contributed by atoms with Gasteiger partial charge in [-0.15, -0.1) is 0 Å². The maximum atomic E-state index is 12.2. The number of aryl methyl sites for hydroxylation is 1. The smallest absolute Gasteiger partial charge is 0.258 e. The molecule has 1 aliphatic carbocycles. The van der Waals surface area contributed by atoms with Gasteiger partial charge in [0.1, 0.15) is 11.5 Å². The van der Waals surface area contributed by atoms with E-state index in [0.717, 1.165) is 49.2 Å². The van der Waals surface area contributed by atoms with E-state index in [2.05, 4.69) is 5.32 Å². The van der Waals surface area contributed by atoms with Crippen molar-refractivity contribution in [1.82, 2.24) is 5.32 Å². The highest BCUT2D eigenvalue weighted by Gasteiger charge is 2.24. The lowest BCUT2D eigenvalue weighted by Gasteiger charge is -2.22. The van der Waals surface area contributed by atoms with E-state index in [1.807, 2.05) is 18.2 Å². The lowest BCUT2D eigenvalue weighted by atomic mass is 9.93. The van der Waals surface area contributed by atoms with E-state index >= 15 is 0 Å². The molecular formula is C20H22N2O4. The number of carbonyl (C=O) groups is 2. The van der Waals surface area contributed by atoms with Crippen molar-refractivity contribution in [3.63, 3.8) is 0 Å². The van der Waals surface area contributed by atoms with Gasteiger partial charge in [-0.25, -0.2) is 0 Å². The zero-order chi connectivity index (χ0) is 17.9. The Labute approximate surface area is 152 Å². The molecule has 1 aliphatic heterocycles. The van der Waals surface area contributed by atoms with Crippen molar-refractivity contribution in [3.05, 3.63) is 47.9 Å². The minimum Gasteiger partial charge on any atom is -0.484 e. The van der Waals surface area contributed by atoms with Crippen LogP contribution >= 0.6 is 0 Å². The van der Waals surface area contributed by atoms with E-state index in [1.165, 1.54) is 0 Å². The standard InChI is InChI=1S/C20H22N2O4/c23-19(21-17-3-1-4-18-16(17)10-12-25-18)13-26-15-8-6-14(7-9-15)22-11-2-5-20(22)24/h6-10,12,17H,1-5,11,13H2,(H,21,23). The quantitative estimate of drug-likeness (QED) is 0.896. The lowest BCUT2D eigenvalue weighted by Crippen LogP contribution is -2.34. The molecule has 1 atom stereocenters. The Hall–Kier alpha value is -2.76. The molecule has 1 fully saturated rings. The number of anilines is 1. The molecule has 0 saturated carbocycles. The Kier molecular flexibility index (Phi) is 4.65. The van der Waals surface area contributed by atoms with Gasteiger partial charge in [0.25, 0.3) is 5.91 Å². The first-order valence-electron chi connectivity index (χ1n) is 9.09. The maximum absolute atomic E-state index is 12.2. The number of furan rings is 1. The van der Waals surface area contributed by atoms with Crippen molar-refractivity contribution >= 4 is 17.5 Å². The van der Waals surface area contributed by atoms with Crippen LogP contribution in [0.1, 0.15) is 43.0 Å². The minimum absolute atomic E-state index is 0.00263. The van der Waals surface area contributed by atoms with Crippen LogP contribution in [0.2, 0.25) is 0 Å². The number of fused-ring (bicyclic) bond motifs is 1. The second kappa shape index (κ2) is 7.23. The van der Waals surface area contributed by atoms with Crippen molar-refractivity contribution in [1.29, 1.82) is 0 Å². The fourth-order valence-electron chi connectivity index (χ4n) is 3.66. The molecule has 0 bridgehead atoms. The topological polar surface area (TPSA) is 71.8 Å². The Morgan fingerprint density at radius 3 is 2.81 bits per heavy atom. The number of amides is 2. The number of carbonyl (C=O) groups excluding carboxylic acids is 2. The lowest BCUT2D eigenvalue weighted by molar-refractivity contribution is -0.124. The molecule has 6 heteroatoms. The van der Waals surface area contributed by atoms with E-state index in [-0.39, 0.29) is 24.5 Å². The zero-order valence-corrected chi connectivity index (χ0v) is 14.6. The second-order valence-corrected chi connectivity index (χ2v) is 6.74. The Morgan fingerprint density at radius 2 is 2.04 bits per heavy atom. The van der Waals surface area contributed by atoms with Gasteiger partial charge in [-0.05, 0) is 49.6 Å². The van der Waals surface area contributed by atoms with Gasteiger partial charge in [-0.1, -0.05) is 0 Å². The summed E-state index contributed by atoms with van der Waals surface area (Å²) in [5.41, 5.74) is 1.95. The predicted molar refractivity (Wildman–Crippen MR) is 96.1 cm³/mol. The molecule has 26 heavy (non-hydrogen) atoms. The number of ether oxygens (including phenoxy) is 1. The molecule has 1 aromatic carbocycles. The molecule has 1 aromatic heterocycles. The summed E-state index contributed by atoms with van der Waals surface area (Å²) in [5, 5.41) is 3.02. The maximum Gasteiger partial charge on any atom is 0.258 e. The molecule has 1 N–H and O–H groups in total. The summed E-state index contributed by atoms with van der Waals surface area (Å²) < 4.78 is 11.0. The number of hydrogen-bond acceptors (Lipinski definition) is 4. The third-order valence-corrected chi connectivity index (χ3v) is 4.98. The van der Waals surface area contributed by atoms with Crippen LogP contribution in [0.5, 0.6) is 5.75 Å². The van der Waals surface area contributed by atoms with Gasteiger partial charge >= 0.3 is 0 Å². The minimum atomic E-state index is -0.150. The monoisotopic (exact) mass is 354 g/mol. The van der Waals surface area contributed by atoms with Gasteiger partial charge in [-0.2, -0.15) is 0 Å². The zero-order valence-electron chi connectivity index (χ0n) is 14.6. The number of nitrogens with one attached hydrogen (secondary N) is 1. The average molecular weight is 354 g/mol. The molecule has 1 saturated heterocycles. The Balaban J connectivity index is 1.30. The van der Waals surface area contributed by atoms with Crippen molar-refractivity contribution in [2.24, 2.45) is 0 Å². The highest BCUT2D eigenvalue weighted by molar-refractivity contribution is 5.95. The Morgan fingerprint density at radius 1 is 1.19 bits per heavy atom. The highest BCUT2D eigenvalue weighted by Crippen LogP contribution is 2.30. The third kappa shape index (κ3) is 3.45. The van der Waals surface area contributed by atoms with Crippen LogP contribution in [0, 0.1) is 0 Å². The van der Waals surface area contributed by atoms with Crippen LogP contribution in [0.25, 0.3) is 0 Å². The molecule has 4 rings (SSSR count). The van der Waals surface area contributed by atoms with Gasteiger partial charge in [-0.3, -0.25) is 9.59 Å². The first-order chi connectivity index (χ1) is 12.7. The van der Waals surface area contributed by atoms with E-state index < -0.39 is 0 Å². The van der Waals surface area contributed by atoms with Crippen LogP contribution in [-0.2, 0) is 16.0 Å². The van der Waals surface area contributed by atoms with Crippen LogP contribution in [0.4, 0.5) is 5.69 Å². The molecule has 0 spiro atoms. The first kappa shape index (κ1) is 16.7. The van der Waals surface area contributed by atoms with Gasteiger partial charge in [0.05, 0.1) is 12.3 Å². The van der Waals surface area contributed by atoms with Gasteiger partial charge in [0.15, 0.2) is 6.61 Å². The van der Waals surface area contributed by atoms with E-state index in [9.17, 15) is 9.59 Å². The summed E-state index contributed by atoms with van der Waals surface area (Å²) in [4.78, 5) is 25.8. The molecule has 2 aliphatic rings. The van der Waals surface area contributed by atoms with Crippen LogP contribution < -0.4 is 15.0 Å². The van der Waals surface area contributed by atoms with E-state index in [0.29, 0.717) is 12.2 Å². The fourth-order valence-corrected chi connectivity index (χ4v) is 3.66. The SMILES string of the molecule is O=C(COc1ccc(N2CCCC2=O)cc1)NC1CCCc2occc21. The molecule has 2 aromatic rings. The van der Waals surface area contributed by atoms with Gasteiger partial charge in [0.2, 0.25) is 5.91 Å². The molecule has 1 unspecified atom stereocenters. The summed E-state index contributed by atoms with van der Waals surface area (Å²) >= 11 is 0. The molecular weight excluding hydrogens is 332 g/mol. The Bertz CT molecular complexity index is 796. The summed E-state index contributed by atoms with van der Waals surface area (Å²) in [6.45, 7) is 0.727. The second-order valence-electron chi connectivity index (χ2n) is 6.74. The highest BCUT2D eigenvalue weighted by atomic mass is 16.5. The van der Waals surface area contributed by atoms with Crippen LogP contribution in [-0.4, -0.2) is 25.0 Å². The summed E-state index contributed by atoms with van der Waals surface area (Å²) in [6.07, 6.45) is 6.03. The number of rotatable bonds is 5. The summed E-state index contributed by atoms with van der Waals surface area (Å²) in [5.74, 6) is 1.59.